The van der Waals surface area contributed by atoms with Crippen molar-refractivity contribution < 1.29 is 19.1 Å². The Balaban J connectivity index is 1.73. The lowest BCUT2D eigenvalue weighted by Crippen LogP contribution is -1.94. The van der Waals surface area contributed by atoms with Gasteiger partial charge in [0.25, 0.3) is 0 Å². The van der Waals surface area contributed by atoms with Crippen molar-refractivity contribution in [3.8, 4) is 28.5 Å². The van der Waals surface area contributed by atoms with E-state index < -0.39 is 5.97 Å². The van der Waals surface area contributed by atoms with E-state index in [1.807, 2.05) is 37.3 Å². The van der Waals surface area contributed by atoms with Gasteiger partial charge in [-0.25, -0.2) is 4.79 Å². The molecule has 0 radical (unpaired) electrons. The highest BCUT2D eigenvalue weighted by molar-refractivity contribution is 5.90. The van der Waals surface area contributed by atoms with E-state index in [-0.39, 0.29) is 5.56 Å². The van der Waals surface area contributed by atoms with Gasteiger partial charge in [-0.15, -0.1) is 0 Å². The zero-order chi connectivity index (χ0) is 18.3. The van der Waals surface area contributed by atoms with Crippen LogP contribution in [-0.4, -0.2) is 23.2 Å². The molecule has 4 rings (SSSR count). The maximum absolute atomic E-state index is 11.0. The van der Waals surface area contributed by atoms with Crippen molar-refractivity contribution in [2.45, 2.75) is 6.92 Å². The molecule has 0 aliphatic heterocycles. The second-order valence-electron chi connectivity index (χ2n) is 6.11. The van der Waals surface area contributed by atoms with E-state index in [0.717, 1.165) is 45.0 Å². The van der Waals surface area contributed by atoms with Crippen LogP contribution in [0.5, 0.6) is 5.75 Å². The number of methoxy groups -OCH3 is 1. The summed E-state index contributed by atoms with van der Waals surface area (Å²) in [6.45, 7) is 2.00. The number of carbonyl (C=O) groups is 1. The molecule has 0 fully saturated rings. The molecule has 4 aromatic rings. The van der Waals surface area contributed by atoms with E-state index in [2.05, 4.69) is 4.98 Å². The minimum atomic E-state index is -0.935. The molecule has 26 heavy (non-hydrogen) atoms. The second-order valence-corrected chi connectivity index (χ2v) is 6.11. The van der Waals surface area contributed by atoms with Gasteiger partial charge in [0.15, 0.2) is 5.76 Å². The van der Waals surface area contributed by atoms with Crippen LogP contribution in [-0.2, 0) is 0 Å². The molecule has 0 aliphatic carbocycles. The van der Waals surface area contributed by atoms with Crippen LogP contribution >= 0.6 is 0 Å². The van der Waals surface area contributed by atoms with Crippen LogP contribution in [0, 0.1) is 6.92 Å². The van der Waals surface area contributed by atoms with Gasteiger partial charge < -0.3 is 19.2 Å². The number of benzene rings is 2. The molecule has 0 bridgehead atoms. The van der Waals surface area contributed by atoms with Crippen LogP contribution in [0.2, 0.25) is 0 Å². The normalized spacial score (nSPS) is 11.0. The summed E-state index contributed by atoms with van der Waals surface area (Å²) in [4.78, 5) is 14.3. The van der Waals surface area contributed by atoms with Crippen molar-refractivity contribution in [3.05, 3.63) is 65.7 Å². The Morgan fingerprint density at radius 3 is 2.46 bits per heavy atom. The van der Waals surface area contributed by atoms with E-state index >= 15 is 0 Å². The Morgan fingerprint density at radius 1 is 1.04 bits per heavy atom. The maximum atomic E-state index is 11.0. The van der Waals surface area contributed by atoms with E-state index in [4.69, 9.17) is 14.3 Å². The van der Waals surface area contributed by atoms with Gasteiger partial charge in [-0.2, -0.15) is 0 Å². The fourth-order valence-electron chi connectivity index (χ4n) is 3.04. The van der Waals surface area contributed by atoms with E-state index in [1.165, 1.54) is 0 Å². The number of H-pyrrole nitrogens is 1. The number of aromatic nitrogens is 1. The topological polar surface area (TPSA) is 75.5 Å². The van der Waals surface area contributed by atoms with Crippen LogP contribution in [0.3, 0.4) is 0 Å². The molecule has 2 N–H and O–H groups in total. The molecule has 0 saturated heterocycles. The highest BCUT2D eigenvalue weighted by Gasteiger charge is 2.14. The molecular weight excluding hydrogens is 330 g/mol. The lowest BCUT2D eigenvalue weighted by atomic mass is 10.1. The van der Waals surface area contributed by atoms with Gasteiger partial charge in [-0.3, -0.25) is 0 Å². The first kappa shape index (κ1) is 16.0. The van der Waals surface area contributed by atoms with Crippen molar-refractivity contribution >= 4 is 16.9 Å². The number of nitrogens with one attached hydrogen (secondary N) is 1. The Bertz CT molecular complexity index is 1100. The summed E-state index contributed by atoms with van der Waals surface area (Å²) in [6, 6.07) is 16.5. The standard InChI is InChI=1S/C21H17NO4/c1-12-3-10-18(25-2)15-11-19(26-20(12)15)17-9-8-16(22-17)13-4-6-14(7-5-13)21(23)24/h3-11,22H,1-2H3,(H,23,24). The van der Waals surface area contributed by atoms with Crippen molar-refractivity contribution in [1.29, 1.82) is 0 Å². The number of rotatable bonds is 4. The number of hydrogen-bond donors (Lipinski definition) is 2. The highest BCUT2D eigenvalue weighted by Crippen LogP contribution is 2.35. The summed E-state index contributed by atoms with van der Waals surface area (Å²) >= 11 is 0. The van der Waals surface area contributed by atoms with Gasteiger partial charge in [0.1, 0.15) is 11.3 Å². The molecule has 0 spiro atoms. The lowest BCUT2D eigenvalue weighted by molar-refractivity contribution is 0.0697. The lowest BCUT2D eigenvalue weighted by Gasteiger charge is -2.01. The van der Waals surface area contributed by atoms with Crippen LogP contribution in [0.4, 0.5) is 0 Å². The summed E-state index contributed by atoms with van der Waals surface area (Å²) in [7, 11) is 1.64. The predicted molar refractivity (Wildman–Crippen MR) is 99.7 cm³/mol. The number of ether oxygens (including phenoxy) is 1. The third-order valence-electron chi connectivity index (χ3n) is 4.45. The minimum Gasteiger partial charge on any atom is -0.496 e. The first-order valence-electron chi connectivity index (χ1n) is 8.17. The summed E-state index contributed by atoms with van der Waals surface area (Å²) in [6.07, 6.45) is 0. The van der Waals surface area contributed by atoms with Crippen molar-refractivity contribution in [3.63, 3.8) is 0 Å². The Labute approximate surface area is 149 Å². The monoisotopic (exact) mass is 347 g/mol. The third kappa shape index (κ3) is 2.63. The average molecular weight is 347 g/mol. The molecule has 0 unspecified atom stereocenters. The van der Waals surface area contributed by atoms with Gasteiger partial charge in [0.2, 0.25) is 0 Å². The first-order chi connectivity index (χ1) is 12.6. The molecule has 2 heterocycles. The molecule has 0 amide bonds. The second kappa shape index (κ2) is 6.11. The van der Waals surface area contributed by atoms with Crippen LogP contribution in [0.15, 0.2) is 59.0 Å². The molecular formula is C21H17NO4. The molecule has 0 atom stereocenters. The predicted octanol–water partition coefficient (Wildman–Crippen LogP) is 5.11. The molecule has 5 heteroatoms. The van der Waals surface area contributed by atoms with Crippen molar-refractivity contribution in [2.24, 2.45) is 0 Å². The van der Waals surface area contributed by atoms with Crippen LogP contribution in [0.1, 0.15) is 15.9 Å². The fourth-order valence-corrected chi connectivity index (χ4v) is 3.04. The smallest absolute Gasteiger partial charge is 0.335 e. The van der Waals surface area contributed by atoms with Gasteiger partial charge in [0, 0.05) is 5.69 Å². The minimum absolute atomic E-state index is 0.264. The number of aromatic carboxylic acids is 1. The van der Waals surface area contributed by atoms with Gasteiger partial charge in [-0.05, 0) is 54.4 Å². The Morgan fingerprint density at radius 2 is 1.77 bits per heavy atom. The number of carboxylic acids is 1. The Hall–Kier alpha value is -3.47. The van der Waals surface area contributed by atoms with Crippen LogP contribution < -0.4 is 4.74 Å². The van der Waals surface area contributed by atoms with Gasteiger partial charge >= 0.3 is 5.97 Å². The molecule has 2 aromatic heterocycles. The summed E-state index contributed by atoms with van der Waals surface area (Å²) in [5, 5.41) is 9.94. The number of fused-ring (bicyclic) bond motifs is 1. The van der Waals surface area contributed by atoms with Crippen molar-refractivity contribution in [2.75, 3.05) is 7.11 Å². The summed E-state index contributed by atoms with van der Waals surface area (Å²) in [5.41, 5.74) is 4.76. The zero-order valence-corrected chi connectivity index (χ0v) is 14.4. The Kier molecular flexibility index (Phi) is 3.77. The zero-order valence-electron chi connectivity index (χ0n) is 14.4. The van der Waals surface area contributed by atoms with E-state index in [1.54, 1.807) is 31.4 Å². The molecule has 2 aromatic carbocycles. The van der Waals surface area contributed by atoms with Gasteiger partial charge in [0.05, 0.1) is 23.8 Å². The summed E-state index contributed by atoms with van der Waals surface area (Å²) < 4.78 is 11.5. The number of furan rings is 1. The number of hydrogen-bond acceptors (Lipinski definition) is 3. The molecule has 0 saturated carbocycles. The first-order valence-corrected chi connectivity index (χ1v) is 8.17. The average Bonchev–Trinajstić information content (AvgIpc) is 3.30. The van der Waals surface area contributed by atoms with Crippen molar-refractivity contribution in [1.82, 2.24) is 4.98 Å². The number of aromatic amines is 1. The summed E-state index contributed by atoms with van der Waals surface area (Å²) in [5.74, 6) is 0.563. The largest absolute Gasteiger partial charge is 0.496 e. The SMILES string of the molecule is COc1ccc(C)c2oc(-c3ccc(-c4ccc(C(=O)O)cc4)[nH]3)cc12. The third-order valence-corrected chi connectivity index (χ3v) is 4.45. The highest BCUT2D eigenvalue weighted by atomic mass is 16.5. The number of carboxylic acid groups (broad SMARTS) is 1. The van der Waals surface area contributed by atoms with Crippen LogP contribution in [0.25, 0.3) is 33.7 Å². The fraction of sp³-hybridized carbons (Fsp3) is 0.0952. The maximum Gasteiger partial charge on any atom is 0.335 e. The molecule has 5 nitrogen and oxygen atoms in total. The van der Waals surface area contributed by atoms with E-state index in [9.17, 15) is 4.79 Å². The van der Waals surface area contributed by atoms with Gasteiger partial charge in [-0.1, -0.05) is 18.2 Å². The number of aryl methyl sites for hydroxylation is 1. The molecule has 130 valence electrons. The molecule has 0 aliphatic rings. The van der Waals surface area contributed by atoms with E-state index in [0.29, 0.717) is 0 Å². The quantitative estimate of drug-likeness (QED) is 0.538.